The molecule has 0 aliphatic heterocycles. The SMILES string of the molecule is CN(C)S(=O)(=O)c1ccc(=O)n(Cc2ccc(F)cc2Br)c1. The van der Waals surface area contributed by atoms with Gasteiger partial charge in [0.05, 0.1) is 11.4 Å². The molecular weight excluding hydrogens is 375 g/mol. The Morgan fingerprint density at radius 2 is 1.91 bits per heavy atom. The molecule has 2 aromatic rings. The van der Waals surface area contributed by atoms with Gasteiger partial charge in [-0.1, -0.05) is 22.0 Å². The van der Waals surface area contributed by atoms with Crippen LogP contribution in [-0.4, -0.2) is 31.4 Å². The highest BCUT2D eigenvalue weighted by Crippen LogP contribution is 2.19. The van der Waals surface area contributed by atoms with E-state index in [0.717, 1.165) is 4.31 Å². The largest absolute Gasteiger partial charge is 0.310 e. The Labute approximate surface area is 136 Å². The molecule has 1 aromatic carbocycles. The third-order valence-corrected chi connectivity index (χ3v) is 5.63. The van der Waals surface area contributed by atoms with Crippen molar-refractivity contribution in [2.45, 2.75) is 11.4 Å². The summed E-state index contributed by atoms with van der Waals surface area (Å²) in [6.45, 7) is 0.135. The van der Waals surface area contributed by atoms with Crippen LogP contribution in [0.25, 0.3) is 0 Å². The summed E-state index contributed by atoms with van der Waals surface area (Å²) in [5, 5.41) is 0. The lowest BCUT2D eigenvalue weighted by atomic mass is 10.2. The molecule has 0 aliphatic carbocycles. The molecule has 0 N–H and O–H groups in total. The maximum atomic E-state index is 13.1. The molecule has 22 heavy (non-hydrogen) atoms. The predicted molar refractivity (Wildman–Crippen MR) is 84.8 cm³/mol. The second kappa shape index (κ2) is 6.31. The first-order valence-electron chi connectivity index (χ1n) is 6.29. The van der Waals surface area contributed by atoms with Crippen molar-refractivity contribution >= 4 is 26.0 Å². The second-order valence-electron chi connectivity index (χ2n) is 4.85. The third kappa shape index (κ3) is 3.45. The van der Waals surface area contributed by atoms with Gasteiger partial charge in [0, 0.05) is 30.8 Å². The van der Waals surface area contributed by atoms with Crippen LogP contribution in [0.1, 0.15) is 5.56 Å². The summed E-state index contributed by atoms with van der Waals surface area (Å²) < 4.78 is 40.2. The van der Waals surface area contributed by atoms with Gasteiger partial charge in [0.25, 0.3) is 5.56 Å². The van der Waals surface area contributed by atoms with Crippen molar-refractivity contribution in [1.82, 2.24) is 8.87 Å². The molecule has 0 saturated heterocycles. The summed E-state index contributed by atoms with van der Waals surface area (Å²) >= 11 is 3.23. The zero-order valence-corrected chi connectivity index (χ0v) is 14.4. The monoisotopic (exact) mass is 388 g/mol. The average Bonchev–Trinajstić information content (AvgIpc) is 2.43. The van der Waals surface area contributed by atoms with Gasteiger partial charge in [0.2, 0.25) is 10.0 Å². The summed E-state index contributed by atoms with van der Waals surface area (Å²) in [4.78, 5) is 11.9. The van der Waals surface area contributed by atoms with E-state index in [1.165, 1.54) is 49.1 Å². The standard InChI is InChI=1S/C14H14BrFN2O3S/c1-17(2)22(20,21)12-5-6-14(19)18(9-12)8-10-3-4-11(16)7-13(10)15/h3-7,9H,8H2,1-2H3. The van der Waals surface area contributed by atoms with Crippen molar-refractivity contribution in [3.63, 3.8) is 0 Å². The minimum absolute atomic E-state index is 0.0235. The smallest absolute Gasteiger partial charge is 0.250 e. The first-order chi connectivity index (χ1) is 10.2. The molecule has 5 nitrogen and oxygen atoms in total. The minimum atomic E-state index is -3.62. The van der Waals surface area contributed by atoms with Gasteiger partial charge >= 0.3 is 0 Å². The fourth-order valence-corrected chi connectivity index (χ4v) is 3.23. The van der Waals surface area contributed by atoms with Crippen molar-refractivity contribution in [3.05, 3.63) is 62.7 Å². The van der Waals surface area contributed by atoms with Crippen molar-refractivity contribution < 1.29 is 12.8 Å². The average molecular weight is 389 g/mol. The number of pyridine rings is 1. The summed E-state index contributed by atoms with van der Waals surface area (Å²) in [7, 11) is -0.787. The van der Waals surface area contributed by atoms with E-state index in [4.69, 9.17) is 0 Å². The van der Waals surface area contributed by atoms with Crippen LogP contribution in [0.2, 0.25) is 0 Å². The Balaban J connectivity index is 2.46. The molecule has 0 atom stereocenters. The lowest BCUT2D eigenvalue weighted by molar-refractivity contribution is 0.519. The molecule has 0 aliphatic rings. The number of nitrogens with zero attached hydrogens (tertiary/aromatic N) is 2. The molecule has 118 valence electrons. The maximum Gasteiger partial charge on any atom is 0.250 e. The van der Waals surface area contributed by atoms with E-state index in [9.17, 15) is 17.6 Å². The van der Waals surface area contributed by atoms with Crippen LogP contribution in [0.5, 0.6) is 0 Å². The van der Waals surface area contributed by atoms with Gasteiger partial charge in [-0.25, -0.2) is 17.1 Å². The number of halogens is 2. The number of aromatic nitrogens is 1. The summed E-state index contributed by atoms with van der Waals surface area (Å²) in [5.74, 6) is -0.396. The van der Waals surface area contributed by atoms with E-state index in [1.807, 2.05) is 0 Å². The molecular formula is C14H14BrFN2O3S. The van der Waals surface area contributed by atoms with Gasteiger partial charge in [-0.2, -0.15) is 0 Å². The normalized spacial score (nSPS) is 11.9. The molecule has 0 spiro atoms. The molecule has 1 aromatic heterocycles. The van der Waals surface area contributed by atoms with Crippen LogP contribution in [0.4, 0.5) is 4.39 Å². The Morgan fingerprint density at radius 1 is 1.23 bits per heavy atom. The lowest BCUT2D eigenvalue weighted by Gasteiger charge is -2.13. The van der Waals surface area contributed by atoms with Crippen molar-refractivity contribution in [1.29, 1.82) is 0 Å². The fraction of sp³-hybridized carbons (Fsp3) is 0.214. The fourth-order valence-electron chi connectivity index (χ4n) is 1.83. The molecule has 0 unspecified atom stereocenters. The van der Waals surface area contributed by atoms with E-state index >= 15 is 0 Å². The van der Waals surface area contributed by atoms with Crippen LogP contribution in [0, 0.1) is 5.82 Å². The number of hydrogen-bond donors (Lipinski definition) is 0. The van der Waals surface area contributed by atoms with Crippen LogP contribution in [0.15, 0.2) is 50.7 Å². The van der Waals surface area contributed by atoms with E-state index in [0.29, 0.717) is 10.0 Å². The van der Waals surface area contributed by atoms with Gasteiger partial charge < -0.3 is 4.57 Å². The highest BCUT2D eigenvalue weighted by atomic mass is 79.9. The number of benzene rings is 1. The number of rotatable bonds is 4. The highest BCUT2D eigenvalue weighted by molar-refractivity contribution is 9.10. The van der Waals surface area contributed by atoms with Gasteiger partial charge in [-0.15, -0.1) is 0 Å². The highest BCUT2D eigenvalue weighted by Gasteiger charge is 2.18. The molecule has 0 saturated carbocycles. The lowest BCUT2D eigenvalue weighted by Crippen LogP contribution is -2.26. The molecule has 2 rings (SSSR count). The molecule has 0 amide bonds. The Hall–Kier alpha value is -1.51. The number of sulfonamides is 1. The third-order valence-electron chi connectivity index (χ3n) is 3.09. The number of hydrogen-bond acceptors (Lipinski definition) is 3. The van der Waals surface area contributed by atoms with E-state index < -0.39 is 15.8 Å². The molecule has 0 bridgehead atoms. The molecule has 0 radical (unpaired) electrons. The van der Waals surface area contributed by atoms with Gasteiger partial charge in [-0.3, -0.25) is 4.79 Å². The van der Waals surface area contributed by atoms with Gasteiger partial charge in [0.1, 0.15) is 5.82 Å². The molecule has 8 heteroatoms. The predicted octanol–water partition coefficient (Wildman–Crippen LogP) is 2.05. The van der Waals surface area contributed by atoms with Crippen molar-refractivity contribution in [3.8, 4) is 0 Å². The quantitative estimate of drug-likeness (QED) is 0.805. The Kier molecular flexibility index (Phi) is 4.84. The van der Waals surface area contributed by atoms with Crippen molar-refractivity contribution in [2.75, 3.05) is 14.1 Å². The Morgan fingerprint density at radius 3 is 2.50 bits per heavy atom. The van der Waals surface area contributed by atoms with Crippen molar-refractivity contribution in [2.24, 2.45) is 0 Å². The topological polar surface area (TPSA) is 59.4 Å². The molecule has 0 fully saturated rings. The second-order valence-corrected chi connectivity index (χ2v) is 7.86. The minimum Gasteiger partial charge on any atom is -0.310 e. The zero-order chi connectivity index (χ0) is 16.5. The van der Waals surface area contributed by atoms with Crippen LogP contribution < -0.4 is 5.56 Å². The van der Waals surface area contributed by atoms with E-state index in [2.05, 4.69) is 15.9 Å². The van der Waals surface area contributed by atoms with Gasteiger partial charge in [-0.05, 0) is 23.8 Å². The van der Waals surface area contributed by atoms with Gasteiger partial charge in [0.15, 0.2) is 0 Å². The maximum absolute atomic E-state index is 13.1. The Bertz CT molecular complexity index is 863. The van der Waals surface area contributed by atoms with Crippen LogP contribution in [0.3, 0.4) is 0 Å². The van der Waals surface area contributed by atoms with E-state index in [-0.39, 0.29) is 17.0 Å². The van der Waals surface area contributed by atoms with E-state index in [1.54, 1.807) is 6.07 Å². The van der Waals surface area contributed by atoms with Crippen LogP contribution >= 0.6 is 15.9 Å². The van der Waals surface area contributed by atoms with Crippen LogP contribution in [-0.2, 0) is 16.6 Å². The summed E-state index contributed by atoms with van der Waals surface area (Å²) in [6, 6.07) is 6.59. The zero-order valence-electron chi connectivity index (χ0n) is 12.0. The molecule has 1 heterocycles. The summed E-state index contributed by atoms with van der Waals surface area (Å²) in [6.07, 6.45) is 1.29. The first-order valence-corrected chi connectivity index (χ1v) is 8.52. The summed E-state index contributed by atoms with van der Waals surface area (Å²) in [5.41, 5.74) is 0.330. The first kappa shape index (κ1) is 16.9.